The smallest absolute Gasteiger partial charge is 0.320 e. The van der Waals surface area contributed by atoms with Gasteiger partial charge in [0.1, 0.15) is 17.6 Å². The summed E-state index contributed by atoms with van der Waals surface area (Å²) in [5, 5.41) is 0. The molecule has 248 valence electrons. The van der Waals surface area contributed by atoms with Crippen molar-refractivity contribution in [1.29, 1.82) is 0 Å². The molecule has 11 rings (SSSR count). The van der Waals surface area contributed by atoms with Crippen LogP contribution in [0, 0.1) is 0 Å². The minimum Gasteiger partial charge on any atom is -1.00 e. The topological polar surface area (TPSA) is 49.2 Å². The van der Waals surface area contributed by atoms with Crippen LogP contribution in [0.3, 0.4) is 0 Å². The Morgan fingerprint density at radius 2 is 1.20 bits per heavy atom. The van der Waals surface area contributed by atoms with Gasteiger partial charge in [0.05, 0.1) is 17.1 Å². The molecule has 0 bridgehead atoms. The lowest BCUT2D eigenvalue weighted by molar-refractivity contribution is -0.813. The number of benzene rings is 4. The quantitative estimate of drug-likeness (QED) is 0.212. The van der Waals surface area contributed by atoms with Crippen molar-refractivity contribution in [1.82, 2.24) is 24.3 Å². The van der Waals surface area contributed by atoms with Gasteiger partial charge in [0.15, 0.2) is 11.5 Å². The van der Waals surface area contributed by atoms with Crippen LogP contribution in [0.1, 0.15) is 11.1 Å². The molecular formula is C42H33IN7O+. The van der Waals surface area contributed by atoms with Gasteiger partial charge in [-0.2, -0.15) is 0 Å². The van der Waals surface area contributed by atoms with Crippen molar-refractivity contribution >= 4 is 34.1 Å². The molecule has 4 unspecified atom stereocenters. The normalized spacial score (nSPS) is 22.7. The molecule has 8 nitrogen and oxygen atoms in total. The van der Waals surface area contributed by atoms with Gasteiger partial charge in [-0.25, -0.2) is 4.90 Å². The number of hydrogen-bond donors (Lipinski definition) is 1. The highest BCUT2D eigenvalue weighted by atomic mass is 127. The minimum atomic E-state index is -0.0513. The number of nitrogens with one attached hydrogen (secondary N) is 1. The van der Waals surface area contributed by atoms with Gasteiger partial charge in [0, 0.05) is 55.4 Å². The highest BCUT2D eigenvalue weighted by Crippen LogP contribution is 2.67. The monoisotopic (exact) mass is 778 g/mol. The standard InChI is InChI=1S/C42H32N7O.HI/c1-45-35(29-19-15-27(16-20-29)31-9-3-5-23-43-31)25-47-33-11-7-13-37-39(33)49(41(45)47)40-34(12-8-14-38(40)50-37)48-26-36(46(2)42(48)49)30-21-17-28(18-22-30)32-10-4-6-24-44-32;/h3-26,41-42H,1-2H3;1H/q+1;. The van der Waals surface area contributed by atoms with E-state index >= 15 is 0 Å². The third-order valence-corrected chi connectivity index (χ3v) is 11.1. The Hall–Kier alpha value is -5.49. The number of anilines is 1. The molecule has 1 spiro atoms. The molecule has 5 aliphatic rings. The first-order valence-corrected chi connectivity index (χ1v) is 17.0. The SMILES string of the molecule is CN1C(c2ccc(-c3ccccn3)cc2)=CN2c3cccc4c3[N+]3(c5c(cccc5[NH+]5C=C(c6ccc(-c7ccccn7)cc6)N(C)C53)O4)C12.[I-]. The van der Waals surface area contributed by atoms with E-state index in [1.165, 1.54) is 50.2 Å². The van der Waals surface area contributed by atoms with Gasteiger partial charge in [-0.1, -0.05) is 72.8 Å². The fraction of sp³-hybridized carbons (Fsp3) is 0.0952. The van der Waals surface area contributed by atoms with Crippen molar-refractivity contribution in [2.45, 2.75) is 12.6 Å². The van der Waals surface area contributed by atoms with Gasteiger partial charge in [-0.05, 0) is 48.0 Å². The molecule has 0 aliphatic carbocycles. The molecule has 0 saturated heterocycles. The Balaban J connectivity index is 0.00000327. The number of rotatable bonds is 4. The molecule has 6 aromatic rings. The van der Waals surface area contributed by atoms with E-state index < -0.39 is 0 Å². The van der Waals surface area contributed by atoms with Crippen LogP contribution in [-0.4, -0.2) is 46.4 Å². The summed E-state index contributed by atoms with van der Waals surface area (Å²) in [6, 6.07) is 42.8. The number of hydrogen-bond acceptors (Lipinski definition) is 6. The summed E-state index contributed by atoms with van der Waals surface area (Å²) in [7, 11) is 4.51. The molecule has 51 heavy (non-hydrogen) atoms. The predicted octanol–water partition coefficient (Wildman–Crippen LogP) is 4.36. The molecule has 0 saturated carbocycles. The maximum atomic E-state index is 6.74. The van der Waals surface area contributed by atoms with Crippen molar-refractivity contribution in [3.63, 3.8) is 0 Å². The van der Waals surface area contributed by atoms with Gasteiger partial charge in [0.2, 0.25) is 11.4 Å². The molecule has 0 fully saturated rings. The number of quaternary nitrogens is 2. The van der Waals surface area contributed by atoms with Crippen LogP contribution in [0.5, 0.6) is 11.5 Å². The van der Waals surface area contributed by atoms with Gasteiger partial charge in [-0.3, -0.25) is 19.8 Å². The van der Waals surface area contributed by atoms with E-state index in [0.717, 1.165) is 34.0 Å². The molecule has 9 heteroatoms. The zero-order chi connectivity index (χ0) is 33.1. The highest BCUT2D eigenvalue weighted by Gasteiger charge is 2.75. The van der Waals surface area contributed by atoms with E-state index in [1.54, 1.807) is 0 Å². The molecule has 2 aromatic heterocycles. The maximum Gasteiger partial charge on any atom is 0.320 e. The zero-order valence-corrected chi connectivity index (χ0v) is 30.1. The number of fused-ring (bicyclic) bond motifs is 4. The summed E-state index contributed by atoms with van der Waals surface area (Å²) in [6.45, 7) is 0. The lowest BCUT2D eigenvalue weighted by atomic mass is 10.1. The van der Waals surface area contributed by atoms with Gasteiger partial charge < -0.3 is 33.6 Å². The second kappa shape index (κ2) is 11.0. The van der Waals surface area contributed by atoms with Crippen molar-refractivity contribution in [2.24, 2.45) is 0 Å². The molecular weight excluding hydrogens is 745 g/mol. The maximum absolute atomic E-state index is 6.74. The first-order chi connectivity index (χ1) is 24.6. The molecule has 0 amide bonds. The average Bonchev–Trinajstić information content (AvgIpc) is 3.88. The van der Waals surface area contributed by atoms with E-state index in [-0.39, 0.29) is 36.6 Å². The van der Waals surface area contributed by atoms with Gasteiger partial charge in [-0.15, -0.1) is 4.48 Å². The Bertz CT molecular complexity index is 2240. The number of aromatic nitrogens is 2. The van der Waals surface area contributed by atoms with Crippen LogP contribution in [0.4, 0.5) is 22.7 Å². The number of nitrogens with zero attached hydrogens (tertiary/aromatic N) is 6. The van der Waals surface area contributed by atoms with Crippen molar-refractivity contribution in [3.8, 4) is 34.0 Å². The van der Waals surface area contributed by atoms with E-state index in [0.29, 0.717) is 4.48 Å². The first kappa shape index (κ1) is 30.3. The molecule has 1 N–H and O–H groups in total. The van der Waals surface area contributed by atoms with Crippen LogP contribution in [0.2, 0.25) is 0 Å². The second-order valence-electron chi connectivity index (χ2n) is 13.6. The lowest BCUT2D eigenvalue weighted by Crippen LogP contribution is -3.08. The first-order valence-electron chi connectivity index (χ1n) is 17.0. The summed E-state index contributed by atoms with van der Waals surface area (Å²) < 4.78 is 7.37. The van der Waals surface area contributed by atoms with Gasteiger partial charge >= 0.3 is 6.29 Å². The second-order valence-corrected chi connectivity index (χ2v) is 13.6. The third kappa shape index (κ3) is 3.96. The Kier molecular flexibility index (Phi) is 6.55. The third-order valence-electron chi connectivity index (χ3n) is 11.1. The summed E-state index contributed by atoms with van der Waals surface area (Å²) in [5.41, 5.74) is 13.8. The van der Waals surface area contributed by atoms with Crippen LogP contribution < -0.4 is 43.0 Å². The Labute approximate surface area is 313 Å². The van der Waals surface area contributed by atoms with Crippen molar-refractivity contribution in [2.75, 3.05) is 19.0 Å². The molecule has 0 radical (unpaired) electrons. The van der Waals surface area contributed by atoms with Crippen LogP contribution >= 0.6 is 0 Å². The fourth-order valence-electron chi connectivity index (χ4n) is 9.12. The molecule has 7 heterocycles. The minimum absolute atomic E-state index is 0. The number of para-hydroxylation sites is 2. The molecule has 4 aromatic carbocycles. The van der Waals surface area contributed by atoms with E-state index in [4.69, 9.17) is 4.74 Å². The van der Waals surface area contributed by atoms with Crippen LogP contribution in [-0.2, 0) is 0 Å². The van der Waals surface area contributed by atoms with E-state index in [1.807, 2.05) is 36.7 Å². The van der Waals surface area contributed by atoms with Crippen LogP contribution in [0.15, 0.2) is 146 Å². The zero-order valence-electron chi connectivity index (χ0n) is 28.0. The summed E-state index contributed by atoms with van der Waals surface area (Å²) in [5.74, 6) is 1.85. The lowest BCUT2D eigenvalue weighted by Gasteiger charge is -2.44. The van der Waals surface area contributed by atoms with E-state index in [9.17, 15) is 0 Å². The Morgan fingerprint density at radius 1 is 0.608 bits per heavy atom. The fourth-order valence-corrected chi connectivity index (χ4v) is 9.12. The number of ether oxygens (including phenoxy) is 1. The summed E-state index contributed by atoms with van der Waals surface area (Å²) in [6.07, 6.45) is 8.40. The average molecular weight is 779 g/mol. The summed E-state index contributed by atoms with van der Waals surface area (Å²) >= 11 is 0. The van der Waals surface area contributed by atoms with Crippen LogP contribution in [0.25, 0.3) is 33.9 Å². The van der Waals surface area contributed by atoms with Crippen molar-refractivity contribution < 1.29 is 33.6 Å². The summed E-state index contributed by atoms with van der Waals surface area (Å²) in [4.78, 5) is 17.9. The van der Waals surface area contributed by atoms with Gasteiger partial charge in [0.25, 0.3) is 12.0 Å². The molecule has 5 aliphatic heterocycles. The number of pyridine rings is 2. The highest BCUT2D eigenvalue weighted by molar-refractivity contribution is 5.96. The molecule has 4 atom stereocenters. The number of halogens is 1. The Morgan fingerprint density at radius 3 is 1.82 bits per heavy atom. The predicted molar refractivity (Wildman–Crippen MR) is 196 cm³/mol. The largest absolute Gasteiger partial charge is 1.00 e. The van der Waals surface area contributed by atoms with E-state index in [2.05, 4.69) is 148 Å². The van der Waals surface area contributed by atoms with Crippen molar-refractivity contribution in [3.05, 3.63) is 157 Å².